The van der Waals surface area contributed by atoms with Gasteiger partial charge in [-0.05, 0) is 38.1 Å². The Bertz CT molecular complexity index is 918. The predicted octanol–water partition coefficient (Wildman–Crippen LogP) is 3.94. The first-order valence-electron chi connectivity index (χ1n) is 8.48. The fourth-order valence-corrected chi connectivity index (χ4v) is 3.04. The van der Waals surface area contributed by atoms with Crippen LogP contribution in [-0.4, -0.2) is 24.1 Å². The van der Waals surface area contributed by atoms with Gasteiger partial charge in [-0.15, -0.1) is 0 Å². The molecule has 0 fully saturated rings. The number of para-hydroxylation sites is 1. The molecule has 2 aromatic carbocycles. The van der Waals surface area contributed by atoms with Gasteiger partial charge < -0.3 is 14.8 Å². The van der Waals surface area contributed by atoms with Crippen molar-refractivity contribution in [1.29, 1.82) is 0 Å². The number of rotatable bonds is 4. The largest absolute Gasteiger partial charge is 0.483 e. The number of hydrazine groups is 1. The van der Waals surface area contributed by atoms with Gasteiger partial charge in [0, 0.05) is 17.7 Å². The normalized spacial score (nSPS) is 13.9. The van der Waals surface area contributed by atoms with Gasteiger partial charge in [-0.25, -0.2) is 10.2 Å². The van der Waals surface area contributed by atoms with Gasteiger partial charge in [-0.1, -0.05) is 35.3 Å². The number of anilines is 1. The Balaban J connectivity index is 1.47. The first-order valence-corrected chi connectivity index (χ1v) is 9.24. The molecule has 3 N–H and O–H groups in total. The number of hydrogen-bond donors (Lipinski definition) is 3. The fourth-order valence-electron chi connectivity index (χ4n) is 2.74. The molecule has 0 aliphatic carbocycles. The number of ether oxygens (including phenoxy) is 2. The first-order chi connectivity index (χ1) is 13.2. The zero-order valence-electron chi connectivity index (χ0n) is 15.3. The third kappa shape index (κ3) is 4.99. The quantitative estimate of drug-likeness (QED) is 0.649. The average molecular weight is 424 g/mol. The smallest absolute Gasteiger partial charge is 0.337 e. The van der Waals surface area contributed by atoms with Crippen LogP contribution in [-0.2, 0) is 11.2 Å². The summed E-state index contributed by atoms with van der Waals surface area (Å²) in [5.74, 6) is 0.600. The molecule has 0 saturated carbocycles. The minimum absolute atomic E-state index is 0.284. The van der Waals surface area contributed by atoms with E-state index in [4.69, 9.17) is 32.7 Å². The molecule has 28 heavy (non-hydrogen) atoms. The number of carbonyl (C=O) groups is 2. The van der Waals surface area contributed by atoms with E-state index < -0.39 is 11.9 Å². The monoisotopic (exact) mass is 423 g/mol. The maximum absolute atomic E-state index is 11.9. The van der Waals surface area contributed by atoms with Gasteiger partial charge in [-0.2, -0.15) is 0 Å². The fraction of sp³-hybridized carbons (Fsp3) is 0.263. The molecule has 9 heteroatoms. The van der Waals surface area contributed by atoms with Gasteiger partial charge in [0.05, 0.1) is 10.0 Å². The lowest BCUT2D eigenvalue weighted by molar-refractivity contribution is -0.123. The molecule has 3 amide bonds. The summed E-state index contributed by atoms with van der Waals surface area (Å²) in [6.45, 7) is 3.69. The zero-order chi connectivity index (χ0) is 20.3. The lowest BCUT2D eigenvalue weighted by atomic mass is 10.0. The SMILES string of the molecule is CC1(C)Cc2cccc(OCC(=O)NNC(=O)Nc3ccc(Cl)c(Cl)c3)c2O1. The highest BCUT2D eigenvalue weighted by atomic mass is 35.5. The van der Waals surface area contributed by atoms with E-state index in [9.17, 15) is 9.59 Å². The third-order valence-corrected chi connectivity index (χ3v) is 4.65. The van der Waals surface area contributed by atoms with Crippen LogP contribution in [0.25, 0.3) is 0 Å². The molecule has 0 spiro atoms. The van der Waals surface area contributed by atoms with Gasteiger partial charge >= 0.3 is 6.03 Å². The van der Waals surface area contributed by atoms with Crippen molar-refractivity contribution in [3.05, 3.63) is 52.0 Å². The van der Waals surface area contributed by atoms with Crippen molar-refractivity contribution < 1.29 is 19.1 Å². The Morgan fingerprint density at radius 3 is 2.68 bits per heavy atom. The number of hydrogen-bond acceptors (Lipinski definition) is 4. The molecule has 3 rings (SSSR count). The number of nitrogens with one attached hydrogen (secondary N) is 3. The lowest BCUT2D eigenvalue weighted by Crippen LogP contribution is -2.45. The van der Waals surface area contributed by atoms with Gasteiger partial charge in [-0.3, -0.25) is 10.2 Å². The Morgan fingerprint density at radius 2 is 1.93 bits per heavy atom. The highest BCUT2D eigenvalue weighted by Crippen LogP contribution is 2.41. The van der Waals surface area contributed by atoms with E-state index in [1.165, 1.54) is 6.07 Å². The molecule has 148 valence electrons. The van der Waals surface area contributed by atoms with Crippen LogP contribution < -0.4 is 25.6 Å². The average Bonchev–Trinajstić information content (AvgIpc) is 2.95. The molecule has 1 aliphatic heterocycles. The molecule has 0 saturated heterocycles. The summed E-state index contributed by atoms with van der Waals surface area (Å²) in [6.07, 6.45) is 0.766. The van der Waals surface area contributed by atoms with Gasteiger partial charge in [0.2, 0.25) is 0 Å². The molecule has 1 heterocycles. The topological polar surface area (TPSA) is 88.7 Å². The number of fused-ring (bicyclic) bond motifs is 1. The zero-order valence-corrected chi connectivity index (χ0v) is 16.8. The molecule has 0 aromatic heterocycles. The number of urea groups is 1. The second-order valence-electron chi connectivity index (χ2n) is 6.83. The minimum atomic E-state index is -0.641. The van der Waals surface area contributed by atoms with Crippen LogP contribution in [0, 0.1) is 0 Å². The number of amides is 3. The van der Waals surface area contributed by atoms with Crippen molar-refractivity contribution in [2.24, 2.45) is 0 Å². The molecule has 0 unspecified atom stereocenters. The standard InChI is InChI=1S/C19H19Cl2N3O4/c1-19(2)9-11-4-3-5-15(17(11)28-19)27-10-16(25)23-24-18(26)22-12-6-7-13(20)14(21)8-12/h3-8H,9-10H2,1-2H3,(H,23,25)(H2,22,24,26). The van der Waals surface area contributed by atoms with E-state index in [-0.39, 0.29) is 12.2 Å². The van der Waals surface area contributed by atoms with Crippen LogP contribution in [0.3, 0.4) is 0 Å². The highest BCUT2D eigenvalue weighted by Gasteiger charge is 2.32. The summed E-state index contributed by atoms with van der Waals surface area (Å²) in [7, 11) is 0. The molecule has 0 atom stereocenters. The molecule has 7 nitrogen and oxygen atoms in total. The lowest BCUT2D eigenvalue weighted by Gasteiger charge is -2.18. The van der Waals surface area contributed by atoms with Crippen molar-refractivity contribution >= 4 is 40.8 Å². The molecule has 2 aromatic rings. The van der Waals surface area contributed by atoms with E-state index in [0.717, 1.165) is 12.0 Å². The van der Waals surface area contributed by atoms with Crippen LogP contribution in [0.4, 0.5) is 10.5 Å². The van der Waals surface area contributed by atoms with Crippen LogP contribution in [0.5, 0.6) is 11.5 Å². The maximum atomic E-state index is 11.9. The first kappa shape index (κ1) is 20.1. The minimum Gasteiger partial charge on any atom is -0.483 e. The van der Waals surface area contributed by atoms with Gasteiger partial charge in [0.15, 0.2) is 18.1 Å². The van der Waals surface area contributed by atoms with Crippen molar-refractivity contribution in [2.75, 3.05) is 11.9 Å². The Morgan fingerprint density at radius 1 is 1.14 bits per heavy atom. The van der Waals surface area contributed by atoms with Crippen molar-refractivity contribution in [3.8, 4) is 11.5 Å². The number of benzene rings is 2. The van der Waals surface area contributed by atoms with E-state index in [0.29, 0.717) is 27.2 Å². The van der Waals surface area contributed by atoms with Crippen molar-refractivity contribution in [1.82, 2.24) is 10.9 Å². The second kappa shape index (κ2) is 8.16. The Labute approximate surface area is 172 Å². The van der Waals surface area contributed by atoms with E-state index >= 15 is 0 Å². The molecular formula is C19H19Cl2N3O4. The molecular weight excluding hydrogens is 405 g/mol. The van der Waals surface area contributed by atoms with Crippen molar-refractivity contribution in [3.63, 3.8) is 0 Å². The van der Waals surface area contributed by atoms with Crippen LogP contribution >= 0.6 is 23.2 Å². The summed E-state index contributed by atoms with van der Waals surface area (Å²) in [5, 5.41) is 3.19. The molecule has 0 bridgehead atoms. The number of carbonyl (C=O) groups excluding carboxylic acids is 2. The summed E-state index contributed by atoms with van der Waals surface area (Å²) in [5.41, 5.74) is 5.63. The third-order valence-electron chi connectivity index (χ3n) is 3.91. The summed E-state index contributed by atoms with van der Waals surface area (Å²) in [4.78, 5) is 23.8. The van der Waals surface area contributed by atoms with Crippen LogP contribution in [0.15, 0.2) is 36.4 Å². The molecule has 0 radical (unpaired) electrons. The number of halogens is 2. The van der Waals surface area contributed by atoms with E-state index in [2.05, 4.69) is 16.2 Å². The van der Waals surface area contributed by atoms with Gasteiger partial charge in [0.1, 0.15) is 5.60 Å². The Hall–Kier alpha value is -2.64. The second-order valence-corrected chi connectivity index (χ2v) is 7.64. The summed E-state index contributed by atoms with van der Waals surface area (Å²) < 4.78 is 11.4. The molecule has 1 aliphatic rings. The van der Waals surface area contributed by atoms with E-state index in [1.54, 1.807) is 18.2 Å². The van der Waals surface area contributed by atoms with Gasteiger partial charge in [0.25, 0.3) is 5.91 Å². The summed E-state index contributed by atoms with van der Waals surface area (Å²) in [6, 6.07) is 9.52. The van der Waals surface area contributed by atoms with Crippen LogP contribution in [0.1, 0.15) is 19.4 Å². The summed E-state index contributed by atoms with van der Waals surface area (Å²) >= 11 is 11.7. The van der Waals surface area contributed by atoms with Crippen LogP contribution in [0.2, 0.25) is 10.0 Å². The predicted molar refractivity (Wildman–Crippen MR) is 107 cm³/mol. The van der Waals surface area contributed by atoms with E-state index in [1.807, 2.05) is 26.0 Å². The maximum Gasteiger partial charge on any atom is 0.337 e. The Kier molecular flexibility index (Phi) is 5.86. The van der Waals surface area contributed by atoms with Crippen molar-refractivity contribution in [2.45, 2.75) is 25.9 Å². The highest BCUT2D eigenvalue weighted by molar-refractivity contribution is 6.42.